The third-order valence-corrected chi connectivity index (χ3v) is 6.90. The van der Waals surface area contributed by atoms with E-state index in [0.717, 1.165) is 38.5 Å². The molecule has 2 rings (SSSR count). The first-order valence-electron chi connectivity index (χ1n) is 9.74. The van der Waals surface area contributed by atoms with E-state index in [4.69, 9.17) is 0 Å². The number of carbonyl (C=O) groups is 1. The zero-order valence-corrected chi connectivity index (χ0v) is 18.4. The molecule has 0 aliphatic carbocycles. The summed E-state index contributed by atoms with van der Waals surface area (Å²) < 4.78 is 26.2. The fourth-order valence-corrected chi connectivity index (χ4v) is 4.40. The summed E-state index contributed by atoms with van der Waals surface area (Å²) in [4.78, 5) is 17.1. The van der Waals surface area contributed by atoms with Gasteiger partial charge in [-0.2, -0.15) is 11.8 Å². The average molecular weight is 429 g/mol. The maximum atomic E-state index is 12.4. The van der Waals surface area contributed by atoms with Crippen LogP contribution in [0.3, 0.4) is 0 Å². The lowest BCUT2D eigenvalue weighted by atomic mass is 10.2. The number of hydrogen-bond acceptors (Lipinski definition) is 6. The second kappa shape index (κ2) is 11.6. The van der Waals surface area contributed by atoms with Gasteiger partial charge >= 0.3 is 0 Å². The molecule has 7 nitrogen and oxygen atoms in total. The Balaban J connectivity index is 1.74. The van der Waals surface area contributed by atoms with Crippen LogP contribution in [0.25, 0.3) is 0 Å². The van der Waals surface area contributed by atoms with Crippen LogP contribution >= 0.6 is 11.8 Å². The van der Waals surface area contributed by atoms with Crippen LogP contribution in [-0.2, 0) is 14.8 Å². The Labute approximate surface area is 173 Å². The maximum absolute atomic E-state index is 12.4. The number of thioether (sulfide) groups is 1. The Kier molecular flexibility index (Phi) is 9.57. The van der Waals surface area contributed by atoms with E-state index in [1.807, 2.05) is 12.3 Å². The minimum Gasteiger partial charge on any atom is -0.369 e. The van der Waals surface area contributed by atoms with Gasteiger partial charge in [0.2, 0.25) is 15.9 Å². The minimum absolute atomic E-state index is 0.0261. The summed E-state index contributed by atoms with van der Waals surface area (Å²) in [5.74, 6) is 0.460. The standard InChI is InChI=1S/C19H32N4O3S2/c1-3-28(25,26)21-18(9-16-27-2)19(24)20-10-11-22-12-14-23(15-13-22)17-7-5-4-6-8-17/h4-8,18,21H,3,9-16H2,1-2H3,(H,20,24). The molecule has 0 saturated carbocycles. The first-order valence-corrected chi connectivity index (χ1v) is 12.8. The molecule has 1 aromatic rings. The van der Waals surface area contributed by atoms with Crippen LogP contribution in [0.2, 0.25) is 0 Å². The van der Waals surface area contributed by atoms with Gasteiger partial charge in [-0.15, -0.1) is 0 Å². The van der Waals surface area contributed by atoms with Crippen molar-refractivity contribution in [3.8, 4) is 0 Å². The smallest absolute Gasteiger partial charge is 0.238 e. The lowest BCUT2D eigenvalue weighted by molar-refractivity contribution is -0.122. The summed E-state index contributed by atoms with van der Waals surface area (Å²) in [6.07, 6.45) is 2.43. The highest BCUT2D eigenvalue weighted by Gasteiger charge is 2.23. The summed E-state index contributed by atoms with van der Waals surface area (Å²) in [6.45, 7) is 6.68. The molecule has 1 unspecified atom stereocenters. The molecule has 0 bridgehead atoms. The number of sulfonamides is 1. The summed E-state index contributed by atoms with van der Waals surface area (Å²) in [5, 5.41) is 2.90. The second-order valence-electron chi connectivity index (χ2n) is 6.81. The highest BCUT2D eigenvalue weighted by Crippen LogP contribution is 2.15. The van der Waals surface area contributed by atoms with Gasteiger partial charge in [0.15, 0.2) is 0 Å². The number of nitrogens with zero attached hydrogens (tertiary/aromatic N) is 2. The molecule has 1 fully saturated rings. The zero-order valence-electron chi connectivity index (χ0n) is 16.8. The van der Waals surface area contributed by atoms with Crippen molar-refractivity contribution in [3.05, 3.63) is 30.3 Å². The monoisotopic (exact) mass is 428 g/mol. The van der Waals surface area contributed by atoms with Crippen LogP contribution in [0.5, 0.6) is 0 Å². The third-order valence-electron chi connectivity index (χ3n) is 4.85. The summed E-state index contributed by atoms with van der Waals surface area (Å²) in [5.41, 5.74) is 1.25. The van der Waals surface area contributed by atoms with Crippen molar-refractivity contribution in [2.45, 2.75) is 19.4 Å². The van der Waals surface area contributed by atoms with Crippen molar-refractivity contribution < 1.29 is 13.2 Å². The molecule has 1 saturated heterocycles. The molecule has 28 heavy (non-hydrogen) atoms. The largest absolute Gasteiger partial charge is 0.369 e. The first kappa shape index (κ1) is 23.0. The lowest BCUT2D eigenvalue weighted by Crippen LogP contribution is -2.51. The van der Waals surface area contributed by atoms with Crippen LogP contribution in [0.4, 0.5) is 5.69 Å². The van der Waals surface area contributed by atoms with E-state index in [0.29, 0.717) is 13.0 Å². The molecule has 1 amide bonds. The van der Waals surface area contributed by atoms with Gasteiger partial charge in [-0.05, 0) is 37.5 Å². The van der Waals surface area contributed by atoms with Gasteiger partial charge in [0.1, 0.15) is 6.04 Å². The van der Waals surface area contributed by atoms with Crippen molar-refractivity contribution >= 4 is 33.4 Å². The zero-order chi connectivity index (χ0) is 20.4. The van der Waals surface area contributed by atoms with Crippen LogP contribution in [-0.4, -0.2) is 82.3 Å². The van der Waals surface area contributed by atoms with Gasteiger partial charge in [0.05, 0.1) is 5.75 Å². The highest BCUT2D eigenvalue weighted by atomic mass is 32.2. The Morgan fingerprint density at radius 3 is 2.46 bits per heavy atom. The minimum atomic E-state index is -3.41. The molecule has 2 N–H and O–H groups in total. The number of amides is 1. The first-order chi connectivity index (χ1) is 13.4. The number of nitrogens with one attached hydrogen (secondary N) is 2. The van der Waals surface area contributed by atoms with E-state index in [1.165, 1.54) is 5.69 Å². The molecular weight excluding hydrogens is 396 g/mol. The van der Waals surface area contributed by atoms with Crippen LogP contribution < -0.4 is 14.9 Å². The molecular formula is C19H32N4O3S2. The topological polar surface area (TPSA) is 81.7 Å². The van der Waals surface area contributed by atoms with Gasteiger partial charge in [-0.1, -0.05) is 18.2 Å². The predicted octanol–water partition coefficient (Wildman–Crippen LogP) is 0.986. The summed E-state index contributed by atoms with van der Waals surface area (Å²) in [7, 11) is -3.41. The summed E-state index contributed by atoms with van der Waals surface area (Å²) >= 11 is 1.60. The number of rotatable bonds is 11. The number of carbonyl (C=O) groups excluding carboxylic acids is 1. The number of benzene rings is 1. The van der Waals surface area contributed by atoms with Gasteiger partial charge in [0.25, 0.3) is 0 Å². The molecule has 158 valence electrons. The van der Waals surface area contributed by atoms with Crippen molar-refractivity contribution in [3.63, 3.8) is 0 Å². The van der Waals surface area contributed by atoms with Crippen LogP contribution in [0.15, 0.2) is 30.3 Å². The van der Waals surface area contributed by atoms with Gasteiger partial charge in [-0.25, -0.2) is 13.1 Å². The van der Waals surface area contributed by atoms with Crippen LogP contribution in [0.1, 0.15) is 13.3 Å². The Bertz CT molecular complexity index is 692. The van der Waals surface area contributed by atoms with Gasteiger partial charge in [-0.3, -0.25) is 9.69 Å². The maximum Gasteiger partial charge on any atom is 0.238 e. The van der Waals surface area contributed by atoms with Gasteiger partial charge < -0.3 is 10.2 Å². The van der Waals surface area contributed by atoms with Crippen molar-refractivity contribution in [1.82, 2.24) is 14.9 Å². The molecule has 1 heterocycles. The van der Waals surface area contributed by atoms with Gasteiger partial charge in [0, 0.05) is 45.0 Å². The van der Waals surface area contributed by atoms with E-state index in [9.17, 15) is 13.2 Å². The fourth-order valence-electron chi connectivity index (χ4n) is 3.11. The normalized spacial score (nSPS) is 16.7. The Hall–Kier alpha value is -1.29. The molecule has 1 aliphatic heterocycles. The number of piperazine rings is 1. The Morgan fingerprint density at radius 1 is 1.18 bits per heavy atom. The number of hydrogen-bond donors (Lipinski definition) is 2. The van der Waals surface area contributed by atoms with E-state index in [1.54, 1.807) is 18.7 Å². The molecule has 1 atom stereocenters. The van der Waals surface area contributed by atoms with E-state index < -0.39 is 16.1 Å². The Morgan fingerprint density at radius 2 is 1.86 bits per heavy atom. The SMILES string of the molecule is CCS(=O)(=O)NC(CCSC)C(=O)NCCN1CCN(c2ccccc2)CC1. The highest BCUT2D eigenvalue weighted by molar-refractivity contribution is 7.98. The molecule has 1 aliphatic rings. The molecule has 1 aromatic carbocycles. The predicted molar refractivity (Wildman–Crippen MR) is 117 cm³/mol. The second-order valence-corrected chi connectivity index (χ2v) is 9.84. The third kappa shape index (κ3) is 7.62. The van der Waals surface area contributed by atoms with Crippen molar-refractivity contribution in [1.29, 1.82) is 0 Å². The molecule has 0 aromatic heterocycles. The molecule has 9 heteroatoms. The van der Waals surface area contributed by atoms with E-state index in [-0.39, 0.29) is 11.7 Å². The van der Waals surface area contributed by atoms with Crippen molar-refractivity contribution in [2.24, 2.45) is 0 Å². The average Bonchev–Trinajstić information content (AvgIpc) is 2.72. The number of para-hydroxylation sites is 1. The number of anilines is 1. The van der Waals surface area contributed by atoms with E-state index in [2.05, 4.69) is 44.1 Å². The molecule has 0 radical (unpaired) electrons. The lowest BCUT2D eigenvalue weighted by Gasteiger charge is -2.36. The summed E-state index contributed by atoms with van der Waals surface area (Å²) in [6, 6.07) is 9.68. The fraction of sp³-hybridized carbons (Fsp3) is 0.632. The molecule has 0 spiro atoms. The van der Waals surface area contributed by atoms with Crippen molar-refractivity contribution in [2.75, 3.05) is 61.9 Å². The quantitative estimate of drug-likeness (QED) is 0.547. The van der Waals surface area contributed by atoms with Crippen LogP contribution in [0, 0.1) is 0 Å². The van der Waals surface area contributed by atoms with E-state index >= 15 is 0 Å².